The van der Waals surface area contributed by atoms with Crippen molar-refractivity contribution in [2.75, 3.05) is 12.8 Å². The summed E-state index contributed by atoms with van der Waals surface area (Å²) in [7, 11) is 1.60. The van der Waals surface area contributed by atoms with Crippen molar-refractivity contribution in [2.24, 2.45) is 0 Å². The average Bonchev–Trinajstić information content (AvgIpc) is 2.47. The summed E-state index contributed by atoms with van der Waals surface area (Å²) in [6.45, 7) is 0.189. The lowest BCUT2D eigenvalue weighted by molar-refractivity contribution is 0.0474. The van der Waals surface area contributed by atoms with Gasteiger partial charge in [0.2, 0.25) is 0 Å². The molecule has 0 aliphatic rings. The first kappa shape index (κ1) is 14.4. The molecule has 2 N–H and O–H groups in total. The van der Waals surface area contributed by atoms with Gasteiger partial charge in [-0.15, -0.1) is 0 Å². The third kappa shape index (κ3) is 3.51. The Bertz CT molecular complexity index is 611. The van der Waals surface area contributed by atoms with Crippen LogP contribution in [0, 0.1) is 0 Å². The van der Waals surface area contributed by atoms with Gasteiger partial charge in [0.15, 0.2) is 0 Å². The summed E-state index contributed by atoms with van der Waals surface area (Å²) in [6, 6.07) is 12.4. The van der Waals surface area contributed by atoms with Gasteiger partial charge in [-0.3, -0.25) is 0 Å². The Morgan fingerprint density at radius 3 is 2.55 bits per heavy atom. The van der Waals surface area contributed by atoms with Gasteiger partial charge in [-0.25, -0.2) is 4.79 Å². The summed E-state index contributed by atoms with van der Waals surface area (Å²) in [4.78, 5) is 12.0. The second-order valence-corrected chi connectivity index (χ2v) is 5.07. The molecule has 2 aromatic carbocycles. The van der Waals surface area contributed by atoms with E-state index in [1.807, 2.05) is 24.3 Å². The fraction of sp³-hybridized carbons (Fsp3) is 0.133. The number of hydrogen-bond donors (Lipinski definition) is 1. The fourth-order valence-electron chi connectivity index (χ4n) is 1.65. The minimum absolute atomic E-state index is 0.189. The van der Waals surface area contributed by atoms with Crippen LogP contribution < -0.4 is 10.5 Å². The van der Waals surface area contributed by atoms with Crippen molar-refractivity contribution < 1.29 is 14.3 Å². The van der Waals surface area contributed by atoms with Gasteiger partial charge in [0, 0.05) is 10.2 Å². The van der Waals surface area contributed by atoms with Crippen molar-refractivity contribution in [3.8, 4) is 5.75 Å². The number of nitrogen functional groups attached to an aromatic ring is 1. The van der Waals surface area contributed by atoms with Crippen LogP contribution in [0.5, 0.6) is 5.75 Å². The number of halogens is 1. The lowest BCUT2D eigenvalue weighted by Crippen LogP contribution is -2.08. The van der Waals surface area contributed by atoms with Crippen LogP contribution in [-0.4, -0.2) is 13.1 Å². The SMILES string of the molecule is COc1ccc(COC(=O)c2cc(Br)ccc2N)cc1. The molecular weight excluding hydrogens is 322 g/mol. The lowest BCUT2D eigenvalue weighted by Gasteiger charge is -2.08. The maximum Gasteiger partial charge on any atom is 0.340 e. The molecule has 0 saturated heterocycles. The Morgan fingerprint density at radius 2 is 1.90 bits per heavy atom. The van der Waals surface area contributed by atoms with Crippen LogP contribution in [0.4, 0.5) is 5.69 Å². The molecule has 0 spiro atoms. The lowest BCUT2D eigenvalue weighted by atomic mass is 10.2. The van der Waals surface area contributed by atoms with E-state index >= 15 is 0 Å². The minimum Gasteiger partial charge on any atom is -0.497 e. The van der Waals surface area contributed by atoms with Gasteiger partial charge in [-0.05, 0) is 35.9 Å². The molecule has 0 fully saturated rings. The zero-order chi connectivity index (χ0) is 14.5. The molecule has 0 aliphatic carbocycles. The van der Waals surface area contributed by atoms with Gasteiger partial charge in [0.25, 0.3) is 0 Å². The number of rotatable bonds is 4. The Balaban J connectivity index is 2.02. The molecule has 5 heteroatoms. The summed E-state index contributed by atoms with van der Waals surface area (Å²) in [5, 5.41) is 0. The highest BCUT2D eigenvalue weighted by Crippen LogP contribution is 2.20. The molecule has 20 heavy (non-hydrogen) atoms. The highest BCUT2D eigenvalue weighted by molar-refractivity contribution is 9.10. The molecule has 0 radical (unpaired) electrons. The van der Waals surface area contributed by atoms with Crippen molar-refractivity contribution in [3.63, 3.8) is 0 Å². The van der Waals surface area contributed by atoms with Crippen LogP contribution in [0.2, 0.25) is 0 Å². The van der Waals surface area contributed by atoms with E-state index in [9.17, 15) is 4.79 Å². The van der Waals surface area contributed by atoms with Gasteiger partial charge in [-0.2, -0.15) is 0 Å². The first-order chi connectivity index (χ1) is 9.60. The molecule has 4 nitrogen and oxygen atoms in total. The van der Waals surface area contributed by atoms with E-state index in [1.165, 1.54) is 0 Å². The summed E-state index contributed by atoms with van der Waals surface area (Å²) < 4.78 is 11.1. The molecule has 2 rings (SSSR count). The molecule has 0 saturated carbocycles. The van der Waals surface area contributed by atoms with Gasteiger partial charge >= 0.3 is 5.97 Å². The number of carbonyl (C=O) groups excluding carboxylic acids is 1. The van der Waals surface area contributed by atoms with Gasteiger partial charge in [0.1, 0.15) is 12.4 Å². The van der Waals surface area contributed by atoms with Crippen LogP contribution in [0.25, 0.3) is 0 Å². The van der Waals surface area contributed by atoms with Gasteiger partial charge in [0.05, 0.1) is 12.7 Å². The predicted octanol–water partition coefficient (Wildman–Crippen LogP) is 3.40. The molecule has 0 aromatic heterocycles. The average molecular weight is 336 g/mol. The Morgan fingerprint density at radius 1 is 1.20 bits per heavy atom. The van der Waals surface area contributed by atoms with E-state index in [-0.39, 0.29) is 6.61 Å². The van der Waals surface area contributed by atoms with E-state index in [1.54, 1.807) is 25.3 Å². The highest BCUT2D eigenvalue weighted by Gasteiger charge is 2.11. The van der Waals surface area contributed by atoms with E-state index in [2.05, 4.69) is 15.9 Å². The smallest absolute Gasteiger partial charge is 0.340 e. The Hall–Kier alpha value is -2.01. The molecule has 104 valence electrons. The first-order valence-corrected chi connectivity index (χ1v) is 6.74. The number of hydrogen-bond acceptors (Lipinski definition) is 4. The number of ether oxygens (including phenoxy) is 2. The summed E-state index contributed by atoms with van der Waals surface area (Å²) >= 11 is 3.30. The van der Waals surface area contributed by atoms with E-state index in [4.69, 9.17) is 15.2 Å². The summed E-state index contributed by atoms with van der Waals surface area (Å²) in [5.74, 6) is 0.316. The van der Waals surface area contributed by atoms with Crippen LogP contribution in [0.3, 0.4) is 0 Å². The van der Waals surface area contributed by atoms with Crippen LogP contribution >= 0.6 is 15.9 Å². The van der Waals surface area contributed by atoms with E-state index in [0.29, 0.717) is 11.3 Å². The normalized spacial score (nSPS) is 10.1. The molecule has 0 heterocycles. The third-order valence-corrected chi connectivity index (χ3v) is 3.26. The van der Waals surface area contributed by atoms with Gasteiger partial charge < -0.3 is 15.2 Å². The fourth-order valence-corrected chi connectivity index (χ4v) is 2.01. The van der Waals surface area contributed by atoms with Crippen LogP contribution in [-0.2, 0) is 11.3 Å². The first-order valence-electron chi connectivity index (χ1n) is 5.95. The minimum atomic E-state index is -0.445. The largest absolute Gasteiger partial charge is 0.497 e. The molecule has 0 unspecified atom stereocenters. The predicted molar refractivity (Wildman–Crippen MR) is 80.7 cm³/mol. The molecule has 0 atom stereocenters. The van der Waals surface area contributed by atoms with Crippen molar-refractivity contribution in [1.29, 1.82) is 0 Å². The van der Waals surface area contributed by atoms with Crippen LogP contribution in [0.1, 0.15) is 15.9 Å². The Kier molecular flexibility index (Phi) is 4.63. The standard InChI is InChI=1S/C15H14BrNO3/c1-19-12-5-2-10(3-6-12)9-20-15(18)13-8-11(16)4-7-14(13)17/h2-8H,9,17H2,1H3. The van der Waals surface area contributed by atoms with Crippen molar-refractivity contribution in [3.05, 3.63) is 58.1 Å². The van der Waals surface area contributed by atoms with Crippen molar-refractivity contribution in [1.82, 2.24) is 0 Å². The number of anilines is 1. The number of methoxy groups -OCH3 is 1. The topological polar surface area (TPSA) is 61.5 Å². The van der Waals surface area contributed by atoms with Crippen molar-refractivity contribution in [2.45, 2.75) is 6.61 Å². The third-order valence-electron chi connectivity index (χ3n) is 2.76. The van der Waals surface area contributed by atoms with Gasteiger partial charge in [-0.1, -0.05) is 28.1 Å². The number of nitrogens with two attached hydrogens (primary N) is 1. The highest BCUT2D eigenvalue weighted by atomic mass is 79.9. The molecule has 0 bridgehead atoms. The molecular formula is C15H14BrNO3. The second kappa shape index (κ2) is 6.43. The maximum atomic E-state index is 12.0. The zero-order valence-electron chi connectivity index (χ0n) is 10.9. The van der Waals surface area contributed by atoms with Crippen molar-refractivity contribution >= 4 is 27.6 Å². The second-order valence-electron chi connectivity index (χ2n) is 4.16. The van der Waals surface area contributed by atoms with Crippen LogP contribution in [0.15, 0.2) is 46.9 Å². The summed E-state index contributed by atoms with van der Waals surface area (Å²) in [5.41, 5.74) is 7.39. The summed E-state index contributed by atoms with van der Waals surface area (Å²) in [6.07, 6.45) is 0. The number of benzene rings is 2. The molecule has 0 aliphatic heterocycles. The zero-order valence-corrected chi connectivity index (χ0v) is 12.5. The maximum absolute atomic E-state index is 12.0. The number of carbonyl (C=O) groups is 1. The molecule has 0 amide bonds. The quantitative estimate of drug-likeness (QED) is 0.687. The monoisotopic (exact) mass is 335 g/mol. The van der Waals surface area contributed by atoms with E-state index < -0.39 is 5.97 Å². The molecule has 2 aromatic rings. The number of esters is 1. The Labute approximate surface area is 125 Å². The van der Waals surface area contributed by atoms with E-state index in [0.717, 1.165) is 15.8 Å².